The normalized spacial score (nSPS) is 18.7. The quantitative estimate of drug-likeness (QED) is 0.525. The van der Waals surface area contributed by atoms with Gasteiger partial charge < -0.3 is 21.1 Å². The Morgan fingerprint density at radius 1 is 1.10 bits per heavy atom. The minimum atomic E-state index is -0.962. The molecule has 2 aromatic heterocycles. The first kappa shape index (κ1) is 18.6. The van der Waals surface area contributed by atoms with Crippen LogP contribution in [0.3, 0.4) is 0 Å². The Hall–Kier alpha value is -3.80. The van der Waals surface area contributed by atoms with Gasteiger partial charge >= 0.3 is 6.09 Å². The zero-order valence-corrected chi connectivity index (χ0v) is 15.7. The van der Waals surface area contributed by atoms with Crippen molar-refractivity contribution in [3.8, 4) is 6.07 Å². The molecular weight excluding hydrogens is 370 g/mol. The second-order valence-corrected chi connectivity index (χ2v) is 7.07. The average molecular weight is 391 g/mol. The van der Waals surface area contributed by atoms with Crippen LogP contribution in [0.1, 0.15) is 31.2 Å². The highest BCUT2D eigenvalue weighted by atomic mass is 16.4. The maximum atomic E-state index is 10.8. The summed E-state index contributed by atoms with van der Waals surface area (Å²) in [5, 5.41) is 31.5. The van der Waals surface area contributed by atoms with E-state index >= 15 is 0 Å². The number of nitriles is 1. The van der Waals surface area contributed by atoms with Crippen LogP contribution >= 0.6 is 0 Å². The topological polar surface area (TPSA) is 127 Å². The highest BCUT2D eigenvalue weighted by molar-refractivity contribution is 5.64. The van der Waals surface area contributed by atoms with Crippen molar-refractivity contribution in [1.29, 1.82) is 5.26 Å². The number of amides is 1. The first-order valence-electron chi connectivity index (χ1n) is 9.50. The molecule has 1 fully saturated rings. The number of fused-ring (bicyclic) bond motifs is 1. The molecule has 0 aliphatic heterocycles. The van der Waals surface area contributed by atoms with Crippen molar-refractivity contribution < 1.29 is 9.90 Å². The van der Waals surface area contributed by atoms with Crippen LogP contribution in [0.4, 0.5) is 22.2 Å². The van der Waals surface area contributed by atoms with Gasteiger partial charge in [-0.15, -0.1) is 5.10 Å². The number of aromatic nitrogens is 3. The van der Waals surface area contributed by atoms with Crippen LogP contribution in [-0.2, 0) is 0 Å². The lowest BCUT2D eigenvalue weighted by atomic mass is 9.91. The second kappa shape index (κ2) is 8.06. The molecule has 9 nitrogen and oxygen atoms in total. The molecule has 2 heterocycles. The summed E-state index contributed by atoms with van der Waals surface area (Å²) in [7, 11) is 0. The van der Waals surface area contributed by atoms with Crippen LogP contribution < -0.4 is 16.0 Å². The number of rotatable bonds is 5. The van der Waals surface area contributed by atoms with E-state index in [1.54, 1.807) is 16.6 Å². The van der Waals surface area contributed by atoms with E-state index in [0.29, 0.717) is 17.2 Å². The van der Waals surface area contributed by atoms with Crippen molar-refractivity contribution in [3.05, 3.63) is 48.0 Å². The molecule has 148 valence electrons. The summed E-state index contributed by atoms with van der Waals surface area (Å²) >= 11 is 0. The summed E-state index contributed by atoms with van der Waals surface area (Å²) in [5.41, 5.74) is 2.12. The number of pyridine rings is 1. The van der Waals surface area contributed by atoms with E-state index in [4.69, 9.17) is 10.4 Å². The Balaban J connectivity index is 1.45. The Bertz CT molecular complexity index is 1050. The first-order chi connectivity index (χ1) is 14.1. The fourth-order valence-corrected chi connectivity index (χ4v) is 3.59. The average Bonchev–Trinajstić information content (AvgIpc) is 3.13. The predicted octanol–water partition coefficient (Wildman–Crippen LogP) is 3.34. The van der Waals surface area contributed by atoms with Crippen molar-refractivity contribution in [1.82, 2.24) is 19.9 Å². The number of nitrogens with one attached hydrogen (secondary N) is 3. The molecular formula is C20H21N7O2. The summed E-state index contributed by atoms with van der Waals surface area (Å²) in [5.74, 6) is 1.32. The van der Waals surface area contributed by atoms with E-state index in [0.717, 1.165) is 37.2 Å². The maximum Gasteiger partial charge on any atom is 0.404 e. The largest absolute Gasteiger partial charge is 0.465 e. The van der Waals surface area contributed by atoms with Crippen LogP contribution in [0.15, 0.2) is 42.5 Å². The standard InChI is InChI=1S/C20H21N7O2/c21-12-13-4-6-15(7-5-13)23-19-25-18-3-1-2-17(27(18)26-19)22-14-8-10-16(11-9-14)24-20(28)29/h1-7,14,16,22,24H,8-11H2,(H,23,26)(H,28,29). The van der Waals surface area contributed by atoms with Gasteiger partial charge in [-0.25, -0.2) is 4.79 Å². The van der Waals surface area contributed by atoms with Crippen LogP contribution in [0.25, 0.3) is 5.65 Å². The molecule has 0 bridgehead atoms. The number of hydrogen-bond acceptors (Lipinski definition) is 6. The lowest BCUT2D eigenvalue weighted by Crippen LogP contribution is -2.39. The van der Waals surface area contributed by atoms with Gasteiger partial charge in [-0.2, -0.15) is 14.8 Å². The van der Waals surface area contributed by atoms with Crippen LogP contribution in [0, 0.1) is 11.3 Å². The molecule has 0 radical (unpaired) electrons. The molecule has 1 saturated carbocycles. The Kier molecular flexibility index (Phi) is 5.16. The maximum absolute atomic E-state index is 10.8. The van der Waals surface area contributed by atoms with Gasteiger partial charge in [-0.05, 0) is 62.1 Å². The minimum absolute atomic E-state index is 0.0240. The van der Waals surface area contributed by atoms with Crippen LogP contribution in [0.5, 0.6) is 0 Å². The molecule has 1 aliphatic carbocycles. The molecule has 3 aromatic rings. The number of hydrogen-bond donors (Lipinski definition) is 4. The van der Waals surface area contributed by atoms with Gasteiger partial charge in [0.05, 0.1) is 11.6 Å². The van der Waals surface area contributed by atoms with Crippen LogP contribution in [0.2, 0.25) is 0 Å². The molecule has 4 rings (SSSR count). The van der Waals surface area contributed by atoms with E-state index in [1.807, 2.05) is 30.3 Å². The SMILES string of the molecule is N#Cc1ccc(Nc2nc3cccc(NC4CCC(NC(=O)O)CC4)n3n2)cc1. The van der Waals surface area contributed by atoms with Gasteiger partial charge in [0.1, 0.15) is 5.82 Å². The molecule has 4 N–H and O–H groups in total. The summed E-state index contributed by atoms with van der Waals surface area (Å²) in [6, 6.07) is 15.2. The smallest absolute Gasteiger partial charge is 0.404 e. The van der Waals surface area contributed by atoms with Crippen LogP contribution in [-0.4, -0.2) is 37.9 Å². The van der Waals surface area contributed by atoms with Crippen molar-refractivity contribution >= 4 is 29.2 Å². The Labute approximate surface area is 167 Å². The zero-order valence-electron chi connectivity index (χ0n) is 15.7. The summed E-state index contributed by atoms with van der Waals surface area (Å²) in [4.78, 5) is 15.3. The first-order valence-corrected chi connectivity index (χ1v) is 9.50. The van der Waals surface area contributed by atoms with E-state index in [9.17, 15) is 4.79 Å². The number of carboxylic acid groups (broad SMARTS) is 1. The van der Waals surface area contributed by atoms with Gasteiger partial charge in [-0.3, -0.25) is 0 Å². The van der Waals surface area contributed by atoms with Gasteiger partial charge in [0.25, 0.3) is 0 Å². The number of benzene rings is 1. The lowest BCUT2D eigenvalue weighted by molar-refractivity contribution is 0.185. The Morgan fingerprint density at radius 2 is 1.83 bits per heavy atom. The highest BCUT2D eigenvalue weighted by Gasteiger charge is 2.23. The van der Waals surface area contributed by atoms with Crippen molar-refractivity contribution in [2.45, 2.75) is 37.8 Å². The highest BCUT2D eigenvalue weighted by Crippen LogP contribution is 2.23. The summed E-state index contributed by atoms with van der Waals surface area (Å²) in [6.07, 6.45) is 2.42. The number of carbonyl (C=O) groups is 1. The predicted molar refractivity (Wildman–Crippen MR) is 108 cm³/mol. The molecule has 1 aromatic carbocycles. The van der Waals surface area contributed by atoms with Gasteiger partial charge in [0.15, 0.2) is 5.65 Å². The monoisotopic (exact) mass is 391 g/mol. The third-order valence-electron chi connectivity index (χ3n) is 5.04. The summed E-state index contributed by atoms with van der Waals surface area (Å²) < 4.78 is 1.76. The zero-order chi connectivity index (χ0) is 20.2. The van der Waals surface area contributed by atoms with Gasteiger partial charge in [0, 0.05) is 17.8 Å². The van der Waals surface area contributed by atoms with E-state index in [2.05, 4.69) is 32.1 Å². The molecule has 29 heavy (non-hydrogen) atoms. The fraction of sp³-hybridized carbons (Fsp3) is 0.300. The van der Waals surface area contributed by atoms with Gasteiger partial charge in [0.2, 0.25) is 5.95 Å². The van der Waals surface area contributed by atoms with E-state index in [-0.39, 0.29) is 12.1 Å². The molecule has 0 spiro atoms. The van der Waals surface area contributed by atoms with Crippen molar-refractivity contribution in [3.63, 3.8) is 0 Å². The van der Waals surface area contributed by atoms with E-state index in [1.165, 1.54) is 0 Å². The lowest BCUT2D eigenvalue weighted by Gasteiger charge is -2.29. The third kappa shape index (κ3) is 4.38. The molecule has 1 aliphatic rings. The number of anilines is 3. The van der Waals surface area contributed by atoms with Crippen molar-refractivity contribution in [2.75, 3.05) is 10.6 Å². The molecule has 1 amide bonds. The second-order valence-electron chi connectivity index (χ2n) is 7.07. The van der Waals surface area contributed by atoms with Gasteiger partial charge in [-0.1, -0.05) is 6.07 Å². The van der Waals surface area contributed by atoms with E-state index < -0.39 is 6.09 Å². The third-order valence-corrected chi connectivity index (χ3v) is 5.04. The summed E-state index contributed by atoms with van der Waals surface area (Å²) in [6.45, 7) is 0. The Morgan fingerprint density at radius 3 is 2.52 bits per heavy atom. The van der Waals surface area contributed by atoms with Crippen molar-refractivity contribution in [2.24, 2.45) is 0 Å². The minimum Gasteiger partial charge on any atom is -0.465 e. The molecule has 0 atom stereocenters. The molecule has 0 unspecified atom stereocenters. The fourth-order valence-electron chi connectivity index (χ4n) is 3.59. The molecule has 0 saturated heterocycles. The number of nitrogens with zero attached hydrogens (tertiary/aromatic N) is 4. The molecule has 9 heteroatoms.